The lowest BCUT2D eigenvalue weighted by atomic mass is 10.1. The van der Waals surface area contributed by atoms with E-state index < -0.39 is 6.10 Å². The number of carbonyl (C=O) groups excluding carboxylic acids is 2. The zero-order valence-electron chi connectivity index (χ0n) is 17.1. The molecule has 0 aromatic heterocycles. The number of aliphatic hydroxyl groups excluding tert-OH is 1. The molecule has 1 aromatic rings. The van der Waals surface area contributed by atoms with Crippen LogP contribution in [0.5, 0.6) is 0 Å². The molecule has 2 amide bonds. The average Bonchev–Trinajstić information content (AvgIpc) is 2.90. The molecule has 0 bridgehead atoms. The van der Waals surface area contributed by atoms with E-state index in [0.717, 1.165) is 26.2 Å². The second-order valence-electron chi connectivity index (χ2n) is 8.53. The Hall–Kier alpha value is -1.80. The number of hydrogen-bond donors (Lipinski definition) is 1. The largest absolute Gasteiger partial charge is 0.389 e. The molecule has 7 nitrogen and oxygen atoms in total. The lowest BCUT2D eigenvalue weighted by Crippen LogP contribution is -2.51. The zero-order chi connectivity index (χ0) is 20.3. The first kappa shape index (κ1) is 20.9. The van der Waals surface area contributed by atoms with Crippen molar-refractivity contribution in [2.24, 2.45) is 0 Å². The van der Waals surface area contributed by atoms with Gasteiger partial charge in [-0.2, -0.15) is 0 Å². The number of imide groups is 1. The van der Waals surface area contributed by atoms with Gasteiger partial charge in [-0.05, 0) is 32.9 Å². The van der Waals surface area contributed by atoms with Crippen molar-refractivity contribution >= 4 is 11.8 Å². The van der Waals surface area contributed by atoms with Crippen LogP contribution in [0.15, 0.2) is 24.3 Å². The van der Waals surface area contributed by atoms with Crippen LogP contribution >= 0.6 is 0 Å². The quantitative estimate of drug-likeness (QED) is 0.704. The lowest BCUT2D eigenvalue weighted by molar-refractivity contribution is -0.0586. The molecule has 154 valence electrons. The first-order valence-electron chi connectivity index (χ1n) is 9.96. The molecular formula is C21H31N3O4. The van der Waals surface area contributed by atoms with Gasteiger partial charge in [0.25, 0.3) is 11.8 Å². The van der Waals surface area contributed by atoms with Crippen LogP contribution in [0.2, 0.25) is 0 Å². The Balaban J connectivity index is 1.40. The van der Waals surface area contributed by atoms with Gasteiger partial charge < -0.3 is 9.84 Å². The molecule has 3 rings (SSSR count). The predicted molar refractivity (Wildman–Crippen MR) is 106 cm³/mol. The summed E-state index contributed by atoms with van der Waals surface area (Å²) >= 11 is 0. The van der Waals surface area contributed by atoms with Gasteiger partial charge in [0.15, 0.2) is 0 Å². The van der Waals surface area contributed by atoms with Gasteiger partial charge in [-0.15, -0.1) is 0 Å². The van der Waals surface area contributed by atoms with Crippen LogP contribution in [-0.2, 0) is 4.74 Å². The maximum Gasteiger partial charge on any atom is 0.261 e. The number of fused-ring (bicyclic) bond motifs is 1. The fourth-order valence-electron chi connectivity index (χ4n) is 3.58. The number of aliphatic hydroxyl groups is 1. The van der Waals surface area contributed by atoms with Crippen LogP contribution in [0.4, 0.5) is 0 Å². The van der Waals surface area contributed by atoms with E-state index in [2.05, 4.69) is 9.80 Å². The smallest absolute Gasteiger partial charge is 0.261 e. The number of nitrogens with zero attached hydrogens (tertiary/aromatic N) is 3. The molecule has 0 saturated carbocycles. The van der Waals surface area contributed by atoms with E-state index in [1.54, 1.807) is 24.3 Å². The zero-order valence-corrected chi connectivity index (χ0v) is 17.1. The Labute approximate surface area is 166 Å². The summed E-state index contributed by atoms with van der Waals surface area (Å²) in [6.45, 7) is 11.4. The monoisotopic (exact) mass is 389 g/mol. The highest BCUT2D eigenvalue weighted by atomic mass is 16.5. The minimum Gasteiger partial charge on any atom is -0.389 e. The second kappa shape index (κ2) is 8.69. The van der Waals surface area contributed by atoms with Gasteiger partial charge in [0, 0.05) is 45.8 Å². The highest BCUT2D eigenvalue weighted by molar-refractivity contribution is 6.21. The summed E-state index contributed by atoms with van der Waals surface area (Å²) < 4.78 is 5.64. The number of amides is 2. The maximum absolute atomic E-state index is 12.4. The van der Waals surface area contributed by atoms with Gasteiger partial charge in [0.1, 0.15) is 0 Å². The van der Waals surface area contributed by atoms with E-state index in [1.807, 2.05) is 20.8 Å². The first-order chi connectivity index (χ1) is 13.2. The number of ether oxygens (including phenoxy) is 1. The molecular weight excluding hydrogens is 358 g/mol. The molecule has 0 radical (unpaired) electrons. The Morgan fingerprint density at radius 2 is 1.50 bits per heavy atom. The van der Waals surface area contributed by atoms with Gasteiger partial charge >= 0.3 is 0 Å². The highest BCUT2D eigenvalue weighted by Crippen LogP contribution is 2.22. The van der Waals surface area contributed by atoms with E-state index >= 15 is 0 Å². The molecule has 1 saturated heterocycles. The number of carbonyl (C=O) groups is 2. The molecule has 1 atom stereocenters. The van der Waals surface area contributed by atoms with Crippen LogP contribution in [0.1, 0.15) is 41.5 Å². The third kappa shape index (κ3) is 5.17. The Kier molecular flexibility index (Phi) is 6.50. The summed E-state index contributed by atoms with van der Waals surface area (Å²) in [6, 6.07) is 6.99. The summed E-state index contributed by atoms with van der Waals surface area (Å²) in [4.78, 5) is 30.7. The van der Waals surface area contributed by atoms with Crippen LogP contribution in [0, 0.1) is 0 Å². The summed E-state index contributed by atoms with van der Waals surface area (Å²) in [5.74, 6) is -0.387. The fraction of sp³-hybridized carbons (Fsp3) is 0.619. The summed E-state index contributed by atoms with van der Waals surface area (Å²) in [5.41, 5.74) is 0.761. The number of β-amino-alcohol motifs (C(OH)–C–C–N with tert-alkyl or cyclic N) is 1. The first-order valence-corrected chi connectivity index (χ1v) is 9.96. The minimum atomic E-state index is -0.496. The predicted octanol–water partition coefficient (Wildman–Crippen LogP) is 1.08. The van der Waals surface area contributed by atoms with E-state index in [0.29, 0.717) is 37.4 Å². The van der Waals surface area contributed by atoms with Gasteiger partial charge in [0.05, 0.1) is 29.4 Å². The van der Waals surface area contributed by atoms with Crippen LogP contribution in [0.25, 0.3) is 0 Å². The third-order valence-corrected chi connectivity index (χ3v) is 5.16. The van der Waals surface area contributed by atoms with Crippen molar-refractivity contribution in [3.8, 4) is 0 Å². The Morgan fingerprint density at radius 3 is 2.04 bits per heavy atom. The molecule has 2 heterocycles. The van der Waals surface area contributed by atoms with E-state index in [9.17, 15) is 14.7 Å². The van der Waals surface area contributed by atoms with E-state index in [4.69, 9.17) is 4.74 Å². The SMILES string of the molecule is CC(C)(C)OCC(O)CN1CCN(CCN2C(=O)c3ccccc3C2=O)CC1. The summed E-state index contributed by atoms with van der Waals surface area (Å²) in [6.07, 6.45) is -0.496. The van der Waals surface area contributed by atoms with Crippen molar-refractivity contribution in [3.05, 3.63) is 35.4 Å². The van der Waals surface area contributed by atoms with Crippen molar-refractivity contribution in [2.75, 3.05) is 52.4 Å². The molecule has 1 fully saturated rings. The van der Waals surface area contributed by atoms with Crippen LogP contribution in [-0.4, -0.2) is 95.7 Å². The minimum absolute atomic E-state index is 0.193. The summed E-state index contributed by atoms with van der Waals surface area (Å²) in [7, 11) is 0. The number of piperazine rings is 1. The van der Waals surface area contributed by atoms with Gasteiger partial charge in [-0.25, -0.2) is 0 Å². The standard InChI is InChI=1S/C21H31N3O4/c1-21(2,3)28-15-16(25)14-23-10-8-22(9-11-23)12-13-24-19(26)17-6-4-5-7-18(17)20(24)27/h4-7,16,25H,8-15H2,1-3H3. The maximum atomic E-state index is 12.4. The second-order valence-corrected chi connectivity index (χ2v) is 8.53. The third-order valence-electron chi connectivity index (χ3n) is 5.16. The van der Waals surface area contributed by atoms with E-state index in [1.165, 1.54) is 4.90 Å². The van der Waals surface area contributed by atoms with Crippen molar-refractivity contribution in [1.82, 2.24) is 14.7 Å². The van der Waals surface area contributed by atoms with Gasteiger partial charge in [-0.1, -0.05) is 12.1 Å². The number of benzene rings is 1. The van der Waals surface area contributed by atoms with Gasteiger partial charge in [-0.3, -0.25) is 24.3 Å². The Morgan fingerprint density at radius 1 is 0.964 bits per heavy atom. The molecule has 0 spiro atoms. The molecule has 1 N–H and O–H groups in total. The number of hydrogen-bond acceptors (Lipinski definition) is 6. The van der Waals surface area contributed by atoms with Crippen molar-refractivity contribution < 1.29 is 19.4 Å². The molecule has 1 aromatic carbocycles. The van der Waals surface area contributed by atoms with E-state index in [-0.39, 0.29) is 17.4 Å². The van der Waals surface area contributed by atoms with Crippen LogP contribution in [0.3, 0.4) is 0 Å². The molecule has 7 heteroatoms. The van der Waals surface area contributed by atoms with Crippen molar-refractivity contribution in [3.63, 3.8) is 0 Å². The van der Waals surface area contributed by atoms with Crippen LogP contribution < -0.4 is 0 Å². The lowest BCUT2D eigenvalue weighted by Gasteiger charge is -2.36. The molecule has 2 aliphatic heterocycles. The molecule has 2 aliphatic rings. The summed E-state index contributed by atoms with van der Waals surface area (Å²) in [5, 5.41) is 10.2. The highest BCUT2D eigenvalue weighted by Gasteiger charge is 2.35. The van der Waals surface area contributed by atoms with Crippen molar-refractivity contribution in [1.29, 1.82) is 0 Å². The van der Waals surface area contributed by atoms with Crippen molar-refractivity contribution in [2.45, 2.75) is 32.5 Å². The fourth-order valence-corrected chi connectivity index (χ4v) is 3.58. The Bertz CT molecular complexity index is 673. The van der Waals surface area contributed by atoms with Gasteiger partial charge in [0.2, 0.25) is 0 Å². The molecule has 28 heavy (non-hydrogen) atoms. The topological polar surface area (TPSA) is 73.3 Å². The molecule has 1 unspecified atom stereocenters. The number of rotatable bonds is 7. The normalized spacial score (nSPS) is 19.9. The molecule has 0 aliphatic carbocycles. The average molecular weight is 389 g/mol.